The van der Waals surface area contributed by atoms with Gasteiger partial charge >= 0.3 is 0 Å². The molecule has 26 heavy (non-hydrogen) atoms. The van der Waals surface area contributed by atoms with E-state index >= 15 is 0 Å². The molecular formula is C20H28N2O3S. The molecular weight excluding hydrogens is 348 g/mol. The van der Waals surface area contributed by atoms with Gasteiger partial charge in [0.1, 0.15) is 4.75 Å². The van der Waals surface area contributed by atoms with E-state index in [0.29, 0.717) is 19.5 Å². The summed E-state index contributed by atoms with van der Waals surface area (Å²) in [6.45, 7) is 5.85. The van der Waals surface area contributed by atoms with Gasteiger partial charge < -0.3 is 9.80 Å². The zero-order valence-electron chi connectivity index (χ0n) is 15.5. The average Bonchev–Trinajstić information content (AvgIpc) is 3.14. The summed E-state index contributed by atoms with van der Waals surface area (Å²) < 4.78 is 24.8. The highest BCUT2D eigenvalue weighted by Crippen LogP contribution is 2.45. The SMILES string of the molecule is Cc1ccc(CC(=O)N2CC3(C2)C(CN2CCCC2)CCS3(=O)=O)cc1. The molecule has 1 aromatic carbocycles. The van der Waals surface area contributed by atoms with E-state index in [2.05, 4.69) is 4.90 Å². The lowest BCUT2D eigenvalue weighted by atomic mass is 9.82. The van der Waals surface area contributed by atoms with Crippen LogP contribution in [0.4, 0.5) is 0 Å². The molecule has 0 radical (unpaired) electrons. The molecule has 0 saturated carbocycles. The molecule has 1 atom stereocenters. The van der Waals surface area contributed by atoms with Gasteiger partial charge in [-0.3, -0.25) is 4.79 Å². The first-order valence-electron chi connectivity index (χ1n) is 9.68. The Balaban J connectivity index is 1.42. The van der Waals surface area contributed by atoms with Crippen LogP contribution in [0.5, 0.6) is 0 Å². The van der Waals surface area contributed by atoms with Gasteiger partial charge in [0, 0.05) is 19.6 Å². The molecule has 0 aromatic heterocycles. The number of aryl methyl sites for hydroxylation is 1. The number of carbonyl (C=O) groups excluding carboxylic acids is 1. The van der Waals surface area contributed by atoms with Gasteiger partial charge in [0.2, 0.25) is 5.91 Å². The summed E-state index contributed by atoms with van der Waals surface area (Å²) in [5, 5.41) is 0. The number of sulfone groups is 1. The van der Waals surface area contributed by atoms with Gasteiger partial charge in [-0.15, -0.1) is 0 Å². The smallest absolute Gasteiger partial charge is 0.227 e. The fraction of sp³-hybridized carbons (Fsp3) is 0.650. The molecule has 3 aliphatic rings. The molecule has 1 aromatic rings. The lowest BCUT2D eigenvalue weighted by molar-refractivity contribution is -0.136. The van der Waals surface area contributed by atoms with Crippen LogP contribution in [0.15, 0.2) is 24.3 Å². The first kappa shape index (κ1) is 18.0. The molecule has 0 bridgehead atoms. The van der Waals surface area contributed by atoms with E-state index in [1.165, 1.54) is 18.4 Å². The summed E-state index contributed by atoms with van der Waals surface area (Å²) in [4.78, 5) is 16.8. The minimum atomic E-state index is -3.11. The molecule has 0 N–H and O–H groups in total. The summed E-state index contributed by atoms with van der Waals surface area (Å²) in [5.74, 6) is 0.501. The maximum Gasteiger partial charge on any atom is 0.227 e. The third-order valence-electron chi connectivity index (χ3n) is 6.52. The van der Waals surface area contributed by atoms with Gasteiger partial charge in [-0.1, -0.05) is 29.8 Å². The van der Waals surface area contributed by atoms with E-state index in [1.54, 1.807) is 4.90 Å². The van der Waals surface area contributed by atoms with E-state index < -0.39 is 14.6 Å². The molecule has 4 rings (SSSR count). The molecule has 142 valence electrons. The quantitative estimate of drug-likeness (QED) is 0.802. The maximum absolute atomic E-state index is 12.8. The molecule has 1 unspecified atom stereocenters. The molecule has 0 aliphatic carbocycles. The Morgan fingerprint density at radius 3 is 2.46 bits per heavy atom. The van der Waals surface area contributed by atoms with Crippen LogP contribution < -0.4 is 0 Å². The Kier molecular flexibility index (Phi) is 4.59. The predicted octanol–water partition coefficient (Wildman–Crippen LogP) is 1.65. The van der Waals surface area contributed by atoms with Crippen LogP contribution in [0, 0.1) is 12.8 Å². The highest BCUT2D eigenvalue weighted by Gasteiger charge is 2.62. The van der Waals surface area contributed by atoms with Gasteiger partial charge in [-0.05, 0) is 50.8 Å². The van der Waals surface area contributed by atoms with Gasteiger partial charge in [0.05, 0.1) is 12.2 Å². The summed E-state index contributed by atoms with van der Waals surface area (Å²) in [6.07, 6.45) is 3.54. The van der Waals surface area contributed by atoms with Crippen molar-refractivity contribution in [1.29, 1.82) is 0 Å². The van der Waals surface area contributed by atoms with Crippen LogP contribution in [-0.2, 0) is 21.1 Å². The van der Waals surface area contributed by atoms with E-state index in [-0.39, 0.29) is 17.6 Å². The minimum Gasteiger partial charge on any atom is -0.339 e. The third kappa shape index (κ3) is 3.07. The molecule has 1 spiro atoms. The summed E-state index contributed by atoms with van der Waals surface area (Å²) in [7, 11) is -3.11. The Morgan fingerprint density at radius 2 is 1.81 bits per heavy atom. The zero-order valence-corrected chi connectivity index (χ0v) is 16.3. The number of rotatable bonds is 4. The van der Waals surface area contributed by atoms with Crippen molar-refractivity contribution in [2.45, 2.75) is 37.4 Å². The fourth-order valence-electron chi connectivity index (χ4n) is 4.78. The monoisotopic (exact) mass is 376 g/mol. The number of nitrogens with zero attached hydrogens (tertiary/aromatic N) is 2. The normalized spacial score (nSPS) is 27.0. The van der Waals surface area contributed by atoms with Crippen molar-refractivity contribution >= 4 is 15.7 Å². The van der Waals surface area contributed by atoms with E-state index in [1.807, 2.05) is 31.2 Å². The van der Waals surface area contributed by atoms with Crippen LogP contribution in [-0.4, -0.2) is 67.3 Å². The van der Waals surface area contributed by atoms with E-state index in [0.717, 1.165) is 31.6 Å². The Hall–Kier alpha value is -1.40. The first-order chi connectivity index (χ1) is 12.4. The van der Waals surface area contributed by atoms with E-state index in [9.17, 15) is 13.2 Å². The molecule has 3 heterocycles. The van der Waals surface area contributed by atoms with Crippen molar-refractivity contribution in [2.75, 3.05) is 38.5 Å². The second-order valence-corrected chi connectivity index (χ2v) is 10.7. The number of amides is 1. The largest absolute Gasteiger partial charge is 0.339 e. The maximum atomic E-state index is 12.8. The molecule has 6 heteroatoms. The number of hydrogen-bond acceptors (Lipinski definition) is 4. The van der Waals surface area contributed by atoms with Crippen LogP contribution in [0.25, 0.3) is 0 Å². The van der Waals surface area contributed by atoms with Crippen molar-refractivity contribution in [2.24, 2.45) is 5.92 Å². The fourth-order valence-corrected chi connectivity index (χ4v) is 7.18. The van der Waals surface area contributed by atoms with Crippen molar-refractivity contribution in [3.05, 3.63) is 35.4 Å². The van der Waals surface area contributed by atoms with Gasteiger partial charge in [-0.25, -0.2) is 8.42 Å². The van der Waals surface area contributed by atoms with Gasteiger partial charge in [0.15, 0.2) is 9.84 Å². The first-order valence-corrected chi connectivity index (χ1v) is 11.3. The van der Waals surface area contributed by atoms with Crippen LogP contribution in [0.2, 0.25) is 0 Å². The van der Waals surface area contributed by atoms with Crippen molar-refractivity contribution in [3.63, 3.8) is 0 Å². The van der Waals surface area contributed by atoms with Crippen molar-refractivity contribution < 1.29 is 13.2 Å². The molecule has 3 aliphatic heterocycles. The summed E-state index contributed by atoms with van der Waals surface area (Å²) in [6, 6.07) is 7.97. The second-order valence-electron chi connectivity index (χ2n) is 8.29. The van der Waals surface area contributed by atoms with Crippen LogP contribution >= 0.6 is 0 Å². The Morgan fingerprint density at radius 1 is 1.15 bits per heavy atom. The predicted molar refractivity (Wildman–Crippen MR) is 102 cm³/mol. The van der Waals surface area contributed by atoms with Gasteiger partial charge in [-0.2, -0.15) is 0 Å². The number of likely N-dealkylation sites (tertiary alicyclic amines) is 2. The lowest BCUT2D eigenvalue weighted by Gasteiger charge is -2.50. The zero-order chi connectivity index (χ0) is 18.4. The Bertz CT molecular complexity index is 776. The van der Waals surface area contributed by atoms with Crippen LogP contribution in [0.1, 0.15) is 30.4 Å². The molecule has 1 amide bonds. The molecule has 3 saturated heterocycles. The standard InChI is InChI=1S/C20H28N2O3S/c1-16-4-6-17(7-5-16)12-19(23)22-14-20(15-22)18(8-11-26(20,24)25)13-21-9-2-3-10-21/h4-7,18H,2-3,8-15H2,1H3. The summed E-state index contributed by atoms with van der Waals surface area (Å²) in [5.41, 5.74) is 2.16. The minimum absolute atomic E-state index is 0.0431. The van der Waals surface area contributed by atoms with E-state index in [4.69, 9.17) is 0 Å². The number of hydrogen-bond donors (Lipinski definition) is 0. The number of carbonyl (C=O) groups is 1. The highest BCUT2D eigenvalue weighted by atomic mass is 32.2. The molecule has 5 nitrogen and oxygen atoms in total. The topological polar surface area (TPSA) is 57.7 Å². The van der Waals surface area contributed by atoms with Crippen LogP contribution in [0.3, 0.4) is 0 Å². The summed E-state index contributed by atoms with van der Waals surface area (Å²) >= 11 is 0. The number of benzene rings is 1. The third-order valence-corrected chi connectivity index (χ3v) is 9.12. The lowest BCUT2D eigenvalue weighted by Crippen LogP contribution is -2.69. The highest BCUT2D eigenvalue weighted by molar-refractivity contribution is 7.93. The van der Waals surface area contributed by atoms with Crippen molar-refractivity contribution in [3.8, 4) is 0 Å². The van der Waals surface area contributed by atoms with Crippen molar-refractivity contribution in [1.82, 2.24) is 9.80 Å². The Labute approximate surface area is 156 Å². The average molecular weight is 377 g/mol. The van der Waals surface area contributed by atoms with Gasteiger partial charge in [0.25, 0.3) is 0 Å². The second kappa shape index (κ2) is 6.64. The molecule has 3 fully saturated rings.